The molecule has 0 saturated heterocycles. The molecule has 10 nitrogen and oxygen atoms in total. The highest BCUT2D eigenvalue weighted by Crippen LogP contribution is 2.39. The Labute approximate surface area is 214 Å². The highest BCUT2D eigenvalue weighted by Gasteiger charge is 2.28. The number of carboxylic acid groups (broad SMARTS) is 1. The molecule has 2 aliphatic rings. The maximum Gasteiger partial charge on any atom is 0.305 e. The average Bonchev–Trinajstić information content (AvgIpc) is 3.74. The third kappa shape index (κ3) is 5.96. The van der Waals surface area contributed by atoms with E-state index in [2.05, 4.69) is 32.0 Å². The second-order valence-corrected chi connectivity index (χ2v) is 9.54. The molecule has 192 valence electrons. The number of carbonyl (C=O) groups excluding carboxylic acids is 1. The van der Waals surface area contributed by atoms with Gasteiger partial charge in [-0.05, 0) is 67.0 Å². The molecule has 0 bridgehead atoms. The lowest BCUT2D eigenvalue weighted by Crippen LogP contribution is -2.37. The molecule has 1 unspecified atom stereocenters. The van der Waals surface area contributed by atoms with Crippen molar-refractivity contribution < 1.29 is 14.7 Å². The highest BCUT2D eigenvalue weighted by molar-refractivity contribution is 5.78. The smallest absolute Gasteiger partial charge is 0.305 e. The molecule has 3 aromatic rings. The van der Waals surface area contributed by atoms with Crippen LogP contribution in [-0.2, 0) is 29.1 Å². The zero-order valence-electron chi connectivity index (χ0n) is 20.4. The maximum absolute atomic E-state index is 13.4. The zero-order valence-corrected chi connectivity index (χ0v) is 20.4. The number of rotatable bonds is 10. The van der Waals surface area contributed by atoms with Crippen molar-refractivity contribution in [2.75, 3.05) is 17.2 Å². The zero-order chi connectivity index (χ0) is 25.8. The summed E-state index contributed by atoms with van der Waals surface area (Å²) >= 11 is 0. The van der Waals surface area contributed by atoms with Gasteiger partial charge in [0.1, 0.15) is 18.1 Å². The Kier molecular flexibility index (Phi) is 7.16. The van der Waals surface area contributed by atoms with Crippen LogP contribution in [0.3, 0.4) is 0 Å². The van der Waals surface area contributed by atoms with Gasteiger partial charge in [-0.15, -0.1) is 0 Å². The molecular formula is C27H30N6O4. The number of amides is 1. The number of anilines is 2. The van der Waals surface area contributed by atoms with E-state index in [-0.39, 0.29) is 24.4 Å². The van der Waals surface area contributed by atoms with E-state index in [1.165, 1.54) is 16.3 Å². The van der Waals surface area contributed by atoms with Crippen molar-refractivity contribution in [2.24, 2.45) is 0 Å². The first-order valence-electron chi connectivity index (χ1n) is 12.6. The van der Waals surface area contributed by atoms with Gasteiger partial charge in [0, 0.05) is 24.6 Å². The second-order valence-electron chi connectivity index (χ2n) is 9.54. The lowest BCUT2D eigenvalue weighted by Gasteiger charge is -2.20. The van der Waals surface area contributed by atoms with E-state index < -0.39 is 17.9 Å². The molecule has 1 fully saturated rings. The quantitative estimate of drug-likeness (QED) is 0.332. The number of nitrogens with zero attached hydrogens (tertiary/aromatic N) is 3. The molecule has 37 heavy (non-hydrogen) atoms. The van der Waals surface area contributed by atoms with E-state index in [1.807, 2.05) is 12.1 Å². The fourth-order valence-electron chi connectivity index (χ4n) is 4.67. The summed E-state index contributed by atoms with van der Waals surface area (Å²) in [6.07, 6.45) is 6.86. The van der Waals surface area contributed by atoms with Gasteiger partial charge in [0.15, 0.2) is 0 Å². The lowest BCUT2D eigenvalue weighted by atomic mass is 10.1. The summed E-state index contributed by atoms with van der Waals surface area (Å²) in [5, 5.41) is 18.6. The summed E-state index contributed by atoms with van der Waals surface area (Å²) in [6, 6.07) is 10.4. The van der Waals surface area contributed by atoms with Gasteiger partial charge < -0.3 is 25.6 Å². The number of aromatic nitrogens is 3. The van der Waals surface area contributed by atoms with Crippen LogP contribution < -0.4 is 21.5 Å². The summed E-state index contributed by atoms with van der Waals surface area (Å²) in [5.74, 6) is -0.329. The van der Waals surface area contributed by atoms with Gasteiger partial charge in [0.2, 0.25) is 5.91 Å². The molecule has 0 radical (unpaired) electrons. The van der Waals surface area contributed by atoms with Gasteiger partial charge >= 0.3 is 5.97 Å². The maximum atomic E-state index is 13.4. The minimum Gasteiger partial charge on any atom is -0.481 e. The van der Waals surface area contributed by atoms with Crippen molar-refractivity contribution in [3.8, 4) is 0 Å². The summed E-state index contributed by atoms with van der Waals surface area (Å²) < 4.78 is 1.50. The van der Waals surface area contributed by atoms with Crippen LogP contribution >= 0.6 is 0 Å². The van der Waals surface area contributed by atoms with Crippen LogP contribution in [0.5, 0.6) is 0 Å². The number of hydrogen-bond donors (Lipinski definition) is 4. The predicted molar refractivity (Wildman–Crippen MR) is 138 cm³/mol. The number of pyridine rings is 3. The topological polar surface area (TPSA) is 138 Å². The molecule has 1 atom stereocenters. The Hall–Kier alpha value is -4.21. The van der Waals surface area contributed by atoms with Crippen molar-refractivity contribution in [1.29, 1.82) is 0 Å². The fourth-order valence-corrected chi connectivity index (χ4v) is 4.67. The Morgan fingerprint density at radius 3 is 2.81 bits per heavy atom. The number of aryl methyl sites for hydroxylation is 1. The third-order valence-electron chi connectivity index (χ3n) is 6.72. The summed E-state index contributed by atoms with van der Waals surface area (Å²) in [4.78, 5) is 46.6. The number of carbonyl (C=O) groups is 2. The SMILES string of the molecule is O=C(O)CC(NC(=O)Cn1c(C2CC2)ccc(NCc2ccc3c(n2)NCCC3)c1=O)c1cccnc1. The van der Waals surface area contributed by atoms with E-state index in [9.17, 15) is 19.5 Å². The monoisotopic (exact) mass is 502 g/mol. The van der Waals surface area contributed by atoms with Crippen molar-refractivity contribution >= 4 is 23.4 Å². The Bertz CT molecular complexity index is 1350. The molecule has 4 heterocycles. The van der Waals surface area contributed by atoms with Crippen LogP contribution in [0, 0.1) is 0 Å². The summed E-state index contributed by atoms with van der Waals surface area (Å²) in [6.45, 7) is 1.08. The molecule has 1 aliphatic carbocycles. The second kappa shape index (κ2) is 10.8. The van der Waals surface area contributed by atoms with Gasteiger partial charge in [0.25, 0.3) is 5.56 Å². The van der Waals surface area contributed by atoms with Gasteiger partial charge in [-0.25, -0.2) is 4.98 Å². The van der Waals surface area contributed by atoms with Crippen LogP contribution in [0.1, 0.15) is 60.2 Å². The number of aliphatic carboxylic acids is 1. The standard InChI is InChI=1S/C27H30N6O4/c34-24(32-22(13-25(35)36)19-4-1-11-28-14-19)16-33-23(17-5-6-17)10-9-21(27(33)37)30-15-20-8-7-18-3-2-12-29-26(18)31-20/h1,4,7-11,14,17,22,30H,2-3,5-6,12-13,15-16H2,(H,29,31)(H,32,34)(H,35,36). The van der Waals surface area contributed by atoms with Crippen LogP contribution in [0.15, 0.2) is 53.6 Å². The first-order chi connectivity index (χ1) is 18.0. The first-order valence-corrected chi connectivity index (χ1v) is 12.6. The molecule has 1 aliphatic heterocycles. The van der Waals surface area contributed by atoms with Crippen molar-refractivity contribution in [1.82, 2.24) is 19.9 Å². The normalized spacial score (nSPS) is 15.2. The minimum atomic E-state index is -1.04. The van der Waals surface area contributed by atoms with Gasteiger partial charge in [0.05, 0.1) is 24.7 Å². The number of carboxylic acids is 1. The van der Waals surface area contributed by atoms with Crippen LogP contribution in [0.25, 0.3) is 0 Å². The van der Waals surface area contributed by atoms with Gasteiger partial charge in [-0.1, -0.05) is 12.1 Å². The van der Waals surface area contributed by atoms with E-state index in [1.54, 1.807) is 24.4 Å². The summed E-state index contributed by atoms with van der Waals surface area (Å²) in [7, 11) is 0. The highest BCUT2D eigenvalue weighted by atomic mass is 16.4. The third-order valence-corrected chi connectivity index (χ3v) is 6.72. The number of hydrogen-bond acceptors (Lipinski definition) is 7. The largest absolute Gasteiger partial charge is 0.481 e. The molecule has 0 spiro atoms. The molecule has 10 heteroatoms. The number of nitrogens with one attached hydrogen (secondary N) is 3. The molecule has 1 saturated carbocycles. The Balaban J connectivity index is 1.33. The molecule has 4 N–H and O–H groups in total. The van der Waals surface area contributed by atoms with Crippen LogP contribution in [0.2, 0.25) is 0 Å². The van der Waals surface area contributed by atoms with E-state index in [0.29, 0.717) is 17.8 Å². The van der Waals surface area contributed by atoms with Crippen LogP contribution in [-0.4, -0.2) is 38.1 Å². The average molecular weight is 503 g/mol. The molecule has 0 aromatic carbocycles. The van der Waals surface area contributed by atoms with E-state index >= 15 is 0 Å². The number of fused-ring (bicyclic) bond motifs is 1. The molecule has 1 amide bonds. The molecule has 3 aromatic heterocycles. The molecule has 5 rings (SSSR count). The van der Waals surface area contributed by atoms with Crippen molar-refractivity contribution in [2.45, 2.75) is 57.2 Å². The fraction of sp³-hybridized carbons (Fsp3) is 0.370. The van der Waals surface area contributed by atoms with Crippen molar-refractivity contribution in [3.63, 3.8) is 0 Å². The Morgan fingerprint density at radius 2 is 2.05 bits per heavy atom. The summed E-state index contributed by atoms with van der Waals surface area (Å²) in [5.41, 5.74) is 3.53. The van der Waals surface area contributed by atoms with Crippen LogP contribution in [0.4, 0.5) is 11.5 Å². The van der Waals surface area contributed by atoms with Gasteiger partial charge in [-0.2, -0.15) is 0 Å². The molecular weight excluding hydrogens is 472 g/mol. The predicted octanol–water partition coefficient (Wildman–Crippen LogP) is 2.82. The lowest BCUT2D eigenvalue weighted by molar-refractivity contribution is -0.137. The minimum absolute atomic E-state index is 0.197. The van der Waals surface area contributed by atoms with E-state index in [4.69, 9.17) is 0 Å². The van der Waals surface area contributed by atoms with E-state index in [0.717, 1.165) is 49.4 Å². The Morgan fingerprint density at radius 1 is 1.19 bits per heavy atom. The van der Waals surface area contributed by atoms with Gasteiger partial charge in [-0.3, -0.25) is 19.4 Å². The van der Waals surface area contributed by atoms with Crippen molar-refractivity contribution in [3.05, 3.63) is 81.7 Å². The first kappa shape index (κ1) is 24.5.